The van der Waals surface area contributed by atoms with Crippen molar-refractivity contribution in [2.75, 3.05) is 6.54 Å². The molecule has 1 heterocycles. The predicted octanol–water partition coefficient (Wildman–Crippen LogP) is 2.13. The van der Waals surface area contributed by atoms with E-state index in [1.807, 2.05) is 6.07 Å². The van der Waals surface area contributed by atoms with Gasteiger partial charge in [-0.25, -0.2) is 4.98 Å². The standard InChI is InChI=1S/C13H14FN3O/c14-12-7-3-6-11(16-12)13(18)17(9-8-15)10-4-1-2-5-10/h3,6-7,10H,1-2,4-5,9H2. The molecule has 94 valence electrons. The Hall–Kier alpha value is -1.96. The fourth-order valence-corrected chi connectivity index (χ4v) is 2.33. The SMILES string of the molecule is N#CCN(C(=O)c1cccc(F)n1)C1CCCC1. The second-order valence-corrected chi connectivity index (χ2v) is 4.37. The fourth-order valence-electron chi connectivity index (χ4n) is 2.33. The molecule has 0 unspecified atom stereocenters. The second kappa shape index (κ2) is 5.58. The van der Waals surface area contributed by atoms with Crippen LogP contribution in [0.4, 0.5) is 4.39 Å². The summed E-state index contributed by atoms with van der Waals surface area (Å²) < 4.78 is 13.0. The van der Waals surface area contributed by atoms with E-state index in [0.717, 1.165) is 25.7 Å². The highest BCUT2D eigenvalue weighted by molar-refractivity contribution is 5.92. The van der Waals surface area contributed by atoms with Crippen molar-refractivity contribution in [2.24, 2.45) is 0 Å². The number of nitrogens with zero attached hydrogens (tertiary/aromatic N) is 3. The molecule has 0 saturated heterocycles. The highest BCUT2D eigenvalue weighted by atomic mass is 19.1. The Morgan fingerprint density at radius 1 is 1.50 bits per heavy atom. The van der Waals surface area contributed by atoms with Crippen LogP contribution in [0.15, 0.2) is 18.2 Å². The van der Waals surface area contributed by atoms with Crippen molar-refractivity contribution in [3.63, 3.8) is 0 Å². The zero-order chi connectivity index (χ0) is 13.0. The van der Waals surface area contributed by atoms with Gasteiger partial charge in [0.25, 0.3) is 5.91 Å². The number of nitriles is 1. The molecular weight excluding hydrogens is 233 g/mol. The largest absolute Gasteiger partial charge is 0.321 e. The lowest BCUT2D eigenvalue weighted by molar-refractivity contribution is 0.0702. The van der Waals surface area contributed by atoms with Crippen LogP contribution in [0.5, 0.6) is 0 Å². The molecule has 0 N–H and O–H groups in total. The smallest absolute Gasteiger partial charge is 0.273 e. The van der Waals surface area contributed by atoms with Crippen molar-refractivity contribution in [1.29, 1.82) is 5.26 Å². The van der Waals surface area contributed by atoms with Crippen molar-refractivity contribution >= 4 is 5.91 Å². The van der Waals surface area contributed by atoms with Gasteiger partial charge in [0, 0.05) is 6.04 Å². The molecule has 0 spiro atoms. The van der Waals surface area contributed by atoms with Crippen LogP contribution in [-0.4, -0.2) is 28.4 Å². The van der Waals surface area contributed by atoms with E-state index in [2.05, 4.69) is 4.98 Å². The first kappa shape index (κ1) is 12.5. The maximum atomic E-state index is 13.0. The third-order valence-electron chi connectivity index (χ3n) is 3.20. The molecule has 0 radical (unpaired) electrons. The highest BCUT2D eigenvalue weighted by Gasteiger charge is 2.27. The molecule has 1 fully saturated rings. The first-order valence-corrected chi connectivity index (χ1v) is 6.03. The summed E-state index contributed by atoms with van der Waals surface area (Å²) in [6, 6.07) is 6.20. The van der Waals surface area contributed by atoms with Crippen LogP contribution >= 0.6 is 0 Å². The third kappa shape index (κ3) is 2.65. The van der Waals surface area contributed by atoms with Crippen molar-refractivity contribution in [2.45, 2.75) is 31.7 Å². The quantitative estimate of drug-likeness (QED) is 0.607. The molecule has 1 aliphatic rings. The number of aromatic nitrogens is 1. The van der Waals surface area contributed by atoms with Crippen LogP contribution in [0.2, 0.25) is 0 Å². The maximum Gasteiger partial charge on any atom is 0.273 e. The molecule has 0 aromatic carbocycles. The van der Waals surface area contributed by atoms with E-state index >= 15 is 0 Å². The number of rotatable bonds is 3. The molecule has 18 heavy (non-hydrogen) atoms. The van der Waals surface area contributed by atoms with Crippen LogP contribution in [0.25, 0.3) is 0 Å². The van der Waals surface area contributed by atoms with Gasteiger partial charge in [0.15, 0.2) is 0 Å². The minimum Gasteiger partial charge on any atom is -0.321 e. The number of carbonyl (C=O) groups is 1. The van der Waals surface area contributed by atoms with Crippen molar-refractivity contribution < 1.29 is 9.18 Å². The normalized spacial score (nSPS) is 15.3. The topological polar surface area (TPSA) is 57.0 Å². The highest BCUT2D eigenvalue weighted by Crippen LogP contribution is 2.24. The maximum absolute atomic E-state index is 13.0. The Morgan fingerprint density at radius 3 is 2.83 bits per heavy atom. The summed E-state index contributed by atoms with van der Waals surface area (Å²) >= 11 is 0. The lowest BCUT2D eigenvalue weighted by Crippen LogP contribution is -2.39. The van der Waals surface area contributed by atoms with Gasteiger partial charge in [-0.3, -0.25) is 4.79 Å². The molecule has 5 heteroatoms. The van der Waals surface area contributed by atoms with Gasteiger partial charge in [0.05, 0.1) is 6.07 Å². The van der Waals surface area contributed by atoms with Gasteiger partial charge in [-0.2, -0.15) is 9.65 Å². The van der Waals surface area contributed by atoms with Crippen LogP contribution < -0.4 is 0 Å². The summed E-state index contributed by atoms with van der Waals surface area (Å²) in [5.41, 5.74) is 0.0668. The number of hydrogen-bond donors (Lipinski definition) is 0. The molecule has 1 aromatic heterocycles. The summed E-state index contributed by atoms with van der Waals surface area (Å²) in [6.07, 6.45) is 3.94. The van der Waals surface area contributed by atoms with E-state index in [0.29, 0.717) is 0 Å². The molecule has 2 rings (SSSR count). The van der Waals surface area contributed by atoms with Gasteiger partial charge in [0.2, 0.25) is 5.95 Å². The zero-order valence-electron chi connectivity index (χ0n) is 9.97. The van der Waals surface area contributed by atoms with Crippen LogP contribution in [0, 0.1) is 17.3 Å². The summed E-state index contributed by atoms with van der Waals surface area (Å²) in [5, 5.41) is 8.81. The lowest BCUT2D eigenvalue weighted by Gasteiger charge is -2.25. The second-order valence-electron chi connectivity index (χ2n) is 4.37. The molecule has 1 aromatic rings. The minimum absolute atomic E-state index is 0.0295. The van der Waals surface area contributed by atoms with E-state index in [-0.39, 0.29) is 24.2 Å². The Bertz CT molecular complexity index is 477. The van der Waals surface area contributed by atoms with Gasteiger partial charge >= 0.3 is 0 Å². The number of carbonyl (C=O) groups excluding carboxylic acids is 1. The molecule has 1 aliphatic carbocycles. The van der Waals surface area contributed by atoms with Gasteiger partial charge in [0.1, 0.15) is 12.2 Å². The zero-order valence-corrected chi connectivity index (χ0v) is 9.97. The van der Waals surface area contributed by atoms with Crippen LogP contribution in [0.1, 0.15) is 36.2 Å². The van der Waals surface area contributed by atoms with Crippen molar-refractivity contribution in [1.82, 2.24) is 9.88 Å². The van der Waals surface area contributed by atoms with E-state index in [4.69, 9.17) is 5.26 Å². The van der Waals surface area contributed by atoms with E-state index < -0.39 is 5.95 Å². The Balaban J connectivity index is 2.20. The molecule has 1 amide bonds. The average molecular weight is 247 g/mol. The summed E-state index contributed by atoms with van der Waals surface area (Å²) in [7, 11) is 0. The first-order chi connectivity index (χ1) is 8.72. The molecule has 0 aliphatic heterocycles. The van der Waals surface area contributed by atoms with Crippen LogP contribution in [0.3, 0.4) is 0 Å². The fraction of sp³-hybridized carbons (Fsp3) is 0.462. The predicted molar refractivity (Wildman–Crippen MR) is 63.1 cm³/mol. The van der Waals surface area contributed by atoms with Crippen molar-refractivity contribution in [3.05, 3.63) is 29.8 Å². The number of pyridine rings is 1. The number of halogens is 1. The van der Waals surface area contributed by atoms with Gasteiger partial charge in [-0.15, -0.1) is 0 Å². The van der Waals surface area contributed by atoms with E-state index in [1.165, 1.54) is 23.1 Å². The first-order valence-electron chi connectivity index (χ1n) is 6.03. The third-order valence-corrected chi connectivity index (χ3v) is 3.20. The van der Waals surface area contributed by atoms with Gasteiger partial charge in [-0.05, 0) is 25.0 Å². The molecular formula is C13H14FN3O. The van der Waals surface area contributed by atoms with Crippen LogP contribution in [-0.2, 0) is 0 Å². The van der Waals surface area contributed by atoms with Gasteiger partial charge < -0.3 is 4.90 Å². The summed E-state index contributed by atoms with van der Waals surface area (Å²) in [6.45, 7) is 0.0295. The van der Waals surface area contributed by atoms with Crippen molar-refractivity contribution in [3.8, 4) is 6.07 Å². The Kier molecular flexibility index (Phi) is 3.88. The molecule has 1 saturated carbocycles. The number of amides is 1. The Labute approximate surface area is 105 Å². The Morgan fingerprint density at radius 2 is 2.22 bits per heavy atom. The lowest BCUT2D eigenvalue weighted by atomic mass is 10.2. The summed E-state index contributed by atoms with van der Waals surface area (Å²) in [4.78, 5) is 17.3. The monoisotopic (exact) mass is 247 g/mol. The summed E-state index contributed by atoms with van der Waals surface area (Å²) in [5.74, 6) is -1.04. The number of hydrogen-bond acceptors (Lipinski definition) is 3. The minimum atomic E-state index is -0.677. The average Bonchev–Trinajstić information content (AvgIpc) is 2.89. The van der Waals surface area contributed by atoms with E-state index in [9.17, 15) is 9.18 Å². The molecule has 0 bridgehead atoms. The van der Waals surface area contributed by atoms with Gasteiger partial charge in [-0.1, -0.05) is 18.9 Å². The molecule has 0 atom stereocenters. The van der Waals surface area contributed by atoms with E-state index in [1.54, 1.807) is 0 Å². The molecule has 4 nitrogen and oxygen atoms in total.